The van der Waals surface area contributed by atoms with Gasteiger partial charge >= 0.3 is 0 Å². The molecule has 1 rings (SSSR count). The maximum absolute atomic E-state index is 5.65. The van der Waals surface area contributed by atoms with Crippen LogP contribution in [0, 0.1) is 0 Å². The van der Waals surface area contributed by atoms with Gasteiger partial charge < -0.3 is 15.4 Å². The zero-order chi connectivity index (χ0) is 13.8. The highest BCUT2D eigenvalue weighted by molar-refractivity contribution is 4.69. The average Bonchev–Trinajstić information content (AvgIpc) is 2.65. The van der Waals surface area contributed by atoms with Gasteiger partial charge in [-0.1, -0.05) is 13.3 Å². The molecule has 0 aliphatic carbocycles. The molecular weight excluding hydrogens is 238 g/mol. The van der Waals surface area contributed by atoms with E-state index in [4.69, 9.17) is 10.5 Å². The second-order valence-electron chi connectivity index (χ2n) is 5.50. The molecule has 1 saturated heterocycles. The summed E-state index contributed by atoms with van der Waals surface area (Å²) in [5.74, 6) is 0. The van der Waals surface area contributed by atoms with Crippen LogP contribution in [0.4, 0.5) is 0 Å². The standard InChI is InChI=1S/C15H33N3O/c1-2-3-14-19-15-13-18-10-6-9-17(11-12-18)8-5-4-7-16/h2-16H2,1H3. The lowest BCUT2D eigenvalue weighted by Crippen LogP contribution is -2.33. The summed E-state index contributed by atoms with van der Waals surface area (Å²) in [6.45, 7) is 12.1. The zero-order valence-corrected chi connectivity index (χ0v) is 12.8. The van der Waals surface area contributed by atoms with Crippen LogP contribution in [0.15, 0.2) is 0 Å². The van der Waals surface area contributed by atoms with Gasteiger partial charge in [0.1, 0.15) is 0 Å². The van der Waals surface area contributed by atoms with E-state index in [2.05, 4.69) is 16.7 Å². The van der Waals surface area contributed by atoms with Crippen molar-refractivity contribution in [3.63, 3.8) is 0 Å². The zero-order valence-electron chi connectivity index (χ0n) is 12.8. The summed E-state index contributed by atoms with van der Waals surface area (Å²) in [6, 6.07) is 0. The maximum atomic E-state index is 5.65. The van der Waals surface area contributed by atoms with Crippen molar-refractivity contribution >= 4 is 0 Å². The second-order valence-corrected chi connectivity index (χ2v) is 5.50. The third-order valence-corrected chi connectivity index (χ3v) is 3.80. The predicted molar refractivity (Wildman–Crippen MR) is 81.5 cm³/mol. The Morgan fingerprint density at radius 2 is 1.63 bits per heavy atom. The Morgan fingerprint density at radius 1 is 0.895 bits per heavy atom. The van der Waals surface area contributed by atoms with Gasteiger partial charge in [0.05, 0.1) is 6.61 Å². The molecule has 19 heavy (non-hydrogen) atoms. The van der Waals surface area contributed by atoms with E-state index >= 15 is 0 Å². The third kappa shape index (κ3) is 8.58. The first-order valence-electron chi connectivity index (χ1n) is 8.09. The van der Waals surface area contributed by atoms with Crippen molar-refractivity contribution in [1.82, 2.24) is 9.80 Å². The van der Waals surface area contributed by atoms with E-state index in [0.29, 0.717) is 0 Å². The van der Waals surface area contributed by atoms with E-state index in [1.807, 2.05) is 0 Å². The summed E-state index contributed by atoms with van der Waals surface area (Å²) in [5, 5.41) is 0. The number of ether oxygens (including phenoxy) is 1. The van der Waals surface area contributed by atoms with Crippen LogP contribution >= 0.6 is 0 Å². The Kier molecular flexibility index (Phi) is 10.4. The summed E-state index contributed by atoms with van der Waals surface area (Å²) >= 11 is 0. The maximum Gasteiger partial charge on any atom is 0.0593 e. The van der Waals surface area contributed by atoms with Gasteiger partial charge in [0, 0.05) is 26.2 Å². The molecule has 114 valence electrons. The van der Waals surface area contributed by atoms with Gasteiger partial charge in [0.2, 0.25) is 0 Å². The Labute approximate surface area is 119 Å². The monoisotopic (exact) mass is 271 g/mol. The number of nitrogens with zero attached hydrogens (tertiary/aromatic N) is 2. The van der Waals surface area contributed by atoms with Crippen molar-refractivity contribution in [2.75, 3.05) is 59.0 Å². The number of hydrogen-bond donors (Lipinski definition) is 1. The minimum atomic E-state index is 0.828. The summed E-state index contributed by atoms with van der Waals surface area (Å²) in [5.41, 5.74) is 5.55. The molecule has 0 spiro atoms. The van der Waals surface area contributed by atoms with Crippen LogP contribution in [0.2, 0.25) is 0 Å². The molecule has 1 aliphatic rings. The lowest BCUT2D eigenvalue weighted by molar-refractivity contribution is 0.102. The van der Waals surface area contributed by atoms with Crippen LogP contribution in [0.3, 0.4) is 0 Å². The summed E-state index contributed by atoms with van der Waals surface area (Å²) < 4.78 is 5.65. The van der Waals surface area contributed by atoms with Crippen LogP contribution in [-0.4, -0.2) is 68.8 Å². The Balaban J connectivity index is 2.05. The smallest absolute Gasteiger partial charge is 0.0593 e. The first kappa shape index (κ1) is 16.9. The van der Waals surface area contributed by atoms with Crippen LogP contribution in [0.25, 0.3) is 0 Å². The SMILES string of the molecule is CCCCOCCN1CCCN(CCCCN)CC1. The van der Waals surface area contributed by atoms with Crippen LogP contribution in [0.1, 0.15) is 39.0 Å². The third-order valence-electron chi connectivity index (χ3n) is 3.80. The van der Waals surface area contributed by atoms with Crippen molar-refractivity contribution in [1.29, 1.82) is 0 Å². The van der Waals surface area contributed by atoms with Gasteiger partial charge in [-0.05, 0) is 51.9 Å². The molecule has 0 unspecified atom stereocenters. The highest BCUT2D eigenvalue weighted by Gasteiger charge is 2.13. The van der Waals surface area contributed by atoms with Gasteiger partial charge in [-0.15, -0.1) is 0 Å². The van der Waals surface area contributed by atoms with Crippen LogP contribution < -0.4 is 5.73 Å². The van der Waals surface area contributed by atoms with Crippen molar-refractivity contribution in [3.05, 3.63) is 0 Å². The van der Waals surface area contributed by atoms with Gasteiger partial charge in [-0.3, -0.25) is 4.90 Å². The van der Waals surface area contributed by atoms with Gasteiger partial charge in [-0.25, -0.2) is 0 Å². The summed E-state index contributed by atoms with van der Waals surface area (Å²) in [7, 11) is 0. The minimum absolute atomic E-state index is 0.828. The Bertz CT molecular complexity index is 202. The largest absolute Gasteiger partial charge is 0.380 e. The molecule has 0 aromatic heterocycles. The van der Waals surface area contributed by atoms with Gasteiger partial charge in [-0.2, -0.15) is 0 Å². The van der Waals surface area contributed by atoms with Crippen molar-refractivity contribution in [3.8, 4) is 0 Å². The molecule has 1 fully saturated rings. The topological polar surface area (TPSA) is 41.7 Å². The van der Waals surface area contributed by atoms with Gasteiger partial charge in [0.15, 0.2) is 0 Å². The molecule has 0 atom stereocenters. The van der Waals surface area contributed by atoms with Crippen molar-refractivity contribution in [2.45, 2.75) is 39.0 Å². The highest BCUT2D eigenvalue weighted by atomic mass is 16.5. The van der Waals surface area contributed by atoms with E-state index in [-0.39, 0.29) is 0 Å². The Morgan fingerprint density at radius 3 is 2.32 bits per heavy atom. The molecule has 4 nitrogen and oxygen atoms in total. The van der Waals surface area contributed by atoms with Gasteiger partial charge in [0.25, 0.3) is 0 Å². The van der Waals surface area contributed by atoms with E-state index in [1.54, 1.807) is 0 Å². The van der Waals surface area contributed by atoms with Crippen molar-refractivity contribution < 1.29 is 4.74 Å². The lowest BCUT2D eigenvalue weighted by atomic mass is 10.3. The fourth-order valence-electron chi connectivity index (χ4n) is 2.49. The van der Waals surface area contributed by atoms with Crippen molar-refractivity contribution in [2.24, 2.45) is 5.73 Å². The molecule has 0 radical (unpaired) electrons. The molecule has 0 saturated carbocycles. The molecule has 0 amide bonds. The lowest BCUT2D eigenvalue weighted by Gasteiger charge is -2.21. The van der Waals surface area contributed by atoms with E-state index in [1.165, 1.54) is 58.4 Å². The summed E-state index contributed by atoms with van der Waals surface area (Å²) in [4.78, 5) is 5.14. The Hall–Kier alpha value is -0.160. The fraction of sp³-hybridized carbons (Fsp3) is 1.00. The molecule has 4 heteroatoms. The van der Waals surface area contributed by atoms with Crippen LogP contribution in [0.5, 0.6) is 0 Å². The predicted octanol–water partition coefficient (Wildman–Crippen LogP) is 1.55. The summed E-state index contributed by atoms with van der Waals surface area (Å²) in [6.07, 6.45) is 6.11. The molecule has 0 aromatic carbocycles. The molecule has 1 aliphatic heterocycles. The molecule has 0 bridgehead atoms. The normalized spacial score (nSPS) is 18.6. The first-order valence-corrected chi connectivity index (χ1v) is 8.09. The number of rotatable bonds is 10. The highest BCUT2D eigenvalue weighted by Crippen LogP contribution is 2.04. The number of nitrogens with two attached hydrogens (primary N) is 1. The molecule has 2 N–H and O–H groups in total. The average molecular weight is 271 g/mol. The van der Waals surface area contributed by atoms with E-state index in [0.717, 1.165) is 32.7 Å². The fourth-order valence-corrected chi connectivity index (χ4v) is 2.49. The molecule has 0 aromatic rings. The van der Waals surface area contributed by atoms with Crippen LogP contribution in [-0.2, 0) is 4.74 Å². The minimum Gasteiger partial charge on any atom is -0.380 e. The van der Waals surface area contributed by atoms with E-state index in [9.17, 15) is 0 Å². The first-order chi connectivity index (χ1) is 9.36. The quantitative estimate of drug-likeness (QED) is 0.612. The number of hydrogen-bond acceptors (Lipinski definition) is 4. The second kappa shape index (κ2) is 11.6. The van der Waals surface area contributed by atoms with E-state index < -0.39 is 0 Å². The molecule has 1 heterocycles. The molecular formula is C15H33N3O. The number of unbranched alkanes of at least 4 members (excludes halogenated alkanes) is 2.